The molecule has 0 fully saturated rings. The van der Waals surface area contributed by atoms with Gasteiger partial charge in [0.1, 0.15) is 5.82 Å². The van der Waals surface area contributed by atoms with Crippen LogP contribution >= 0.6 is 0 Å². The molecular formula is C12H23N3O3S. The molecule has 0 aliphatic rings. The highest BCUT2D eigenvalue weighted by molar-refractivity contribution is 7.89. The van der Waals surface area contributed by atoms with E-state index in [1.807, 2.05) is 18.4 Å². The predicted octanol–water partition coefficient (Wildman–Crippen LogP) is 1.04. The first kappa shape index (κ1) is 16.1. The summed E-state index contributed by atoms with van der Waals surface area (Å²) >= 11 is 0. The summed E-state index contributed by atoms with van der Waals surface area (Å²) in [4.78, 5) is 4.08. The lowest BCUT2D eigenvalue weighted by Crippen LogP contribution is -2.48. The minimum atomic E-state index is -3.70. The fourth-order valence-corrected chi connectivity index (χ4v) is 3.15. The van der Waals surface area contributed by atoms with E-state index in [2.05, 4.69) is 9.71 Å². The van der Waals surface area contributed by atoms with Crippen LogP contribution in [0.1, 0.15) is 39.4 Å². The lowest BCUT2D eigenvalue weighted by molar-refractivity contribution is 0.191. The number of nitrogens with one attached hydrogen (secondary N) is 1. The van der Waals surface area contributed by atoms with Gasteiger partial charge in [0.2, 0.25) is 0 Å². The number of hydrogen-bond acceptors (Lipinski definition) is 4. The monoisotopic (exact) mass is 289 g/mol. The topological polar surface area (TPSA) is 84.2 Å². The Morgan fingerprint density at radius 1 is 1.47 bits per heavy atom. The Balaban J connectivity index is 3.04. The van der Waals surface area contributed by atoms with E-state index in [0.717, 1.165) is 13.0 Å². The van der Waals surface area contributed by atoms with Crippen LogP contribution in [0.5, 0.6) is 0 Å². The van der Waals surface area contributed by atoms with Gasteiger partial charge in [-0.15, -0.1) is 0 Å². The summed E-state index contributed by atoms with van der Waals surface area (Å²) in [7, 11) is -3.70. The molecule has 7 heteroatoms. The van der Waals surface area contributed by atoms with Gasteiger partial charge < -0.3 is 9.67 Å². The first-order valence-electron chi connectivity index (χ1n) is 6.46. The molecule has 1 aromatic heterocycles. The van der Waals surface area contributed by atoms with Gasteiger partial charge in [-0.3, -0.25) is 0 Å². The van der Waals surface area contributed by atoms with Crippen LogP contribution in [0.15, 0.2) is 11.2 Å². The molecule has 0 saturated heterocycles. The molecular weight excluding hydrogens is 266 g/mol. The Labute approximate surface area is 114 Å². The maximum Gasteiger partial charge on any atom is 0.260 e. The van der Waals surface area contributed by atoms with E-state index in [9.17, 15) is 13.5 Å². The van der Waals surface area contributed by atoms with Crippen molar-refractivity contribution >= 4 is 10.0 Å². The molecule has 1 heterocycles. The molecule has 2 N–H and O–H groups in total. The second kappa shape index (κ2) is 6.02. The first-order chi connectivity index (χ1) is 8.78. The predicted molar refractivity (Wildman–Crippen MR) is 73.4 cm³/mol. The highest BCUT2D eigenvalue weighted by Crippen LogP contribution is 2.15. The van der Waals surface area contributed by atoms with E-state index in [4.69, 9.17) is 0 Å². The lowest BCUT2D eigenvalue weighted by Gasteiger charge is -2.26. The molecule has 0 aliphatic carbocycles. The minimum absolute atomic E-state index is 0.00609. The largest absolute Gasteiger partial charge is 0.394 e. The molecule has 0 saturated carbocycles. The Bertz CT molecular complexity index is 518. The number of aryl methyl sites for hydroxylation is 2. The molecule has 1 atom stereocenters. The number of rotatable bonds is 7. The minimum Gasteiger partial charge on any atom is -0.394 e. The Hall–Kier alpha value is -0.920. The SMILES string of the molecule is CCCn1cc(S(=O)(=O)NC(C)(CC)CO)nc1C. The molecule has 0 amide bonds. The molecule has 0 aliphatic heterocycles. The van der Waals surface area contributed by atoms with Crippen molar-refractivity contribution in [1.29, 1.82) is 0 Å². The molecule has 0 radical (unpaired) electrons. The number of imidazole rings is 1. The highest BCUT2D eigenvalue weighted by atomic mass is 32.2. The maximum absolute atomic E-state index is 12.2. The van der Waals surface area contributed by atoms with Crippen LogP contribution in [-0.4, -0.2) is 35.2 Å². The molecule has 0 aromatic carbocycles. The van der Waals surface area contributed by atoms with Crippen molar-refractivity contribution in [2.45, 2.75) is 57.6 Å². The van der Waals surface area contributed by atoms with Crippen molar-refractivity contribution in [2.24, 2.45) is 0 Å². The lowest BCUT2D eigenvalue weighted by atomic mass is 10.0. The van der Waals surface area contributed by atoms with Gasteiger partial charge >= 0.3 is 0 Å². The Morgan fingerprint density at radius 3 is 2.58 bits per heavy atom. The van der Waals surface area contributed by atoms with Crippen molar-refractivity contribution in [3.8, 4) is 0 Å². The van der Waals surface area contributed by atoms with Crippen molar-refractivity contribution in [2.75, 3.05) is 6.61 Å². The van der Waals surface area contributed by atoms with Crippen LogP contribution in [0.25, 0.3) is 0 Å². The molecule has 110 valence electrons. The molecule has 6 nitrogen and oxygen atoms in total. The van der Waals surface area contributed by atoms with Gasteiger partial charge in [-0.1, -0.05) is 13.8 Å². The van der Waals surface area contributed by atoms with Crippen LogP contribution < -0.4 is 4.72 Å². The number of aliphatic hydroxyl groups excluding tert-OH is 1. The van der Waals surface area contributed by atoms with Crippen LogP contribution in [-0.2, 0) is 16.6 Å². The van der Waals surface area contributed by atoms with Crippen molar-refractivity contribution in [3.63, 3.8) is 0 Å². The van der Waals surface area contributed by atoms with Crippen LogP contribution in [0, 0.1) is 6.92 Å². The average Bonchev–Trinajstić information content (AvgIpc) is 2.72. The number of aromatic nitrogens is 2. The zero-order chi connectivity index (χ0) is 14.7. The summed E-state index contributed by atoms with van der Waals surface area (Å²) in [5, 5.41) is 9.29. The second-order valence-corrected chi connectivity index (χ2v) is 6.63. The Kier molecular flexibility index (Phi) is 5.11. The summed E-state index contributed by atoms with van der Waals surface area (Å²) in [5.74, 6) is 0.671. The fraction of sp³-hybridized carbons (Fsp3) is 0.750. The van der Waals surface area contributed by atoms with Gasteiger partial charge in [0, 0.05) is 12.7 Å². The van der Waals surface area contributed by atoms with Crippen LogP contribution in [0.4, 0.5) is 0 Å². The molecule has 0 bridgehead atoms. The number of nitrogens with zero attached hydrogens (tertiary/aromatic N) is 2. The molecule has 1 unspecified atom stereocenters. The van der Waals surface area contributed by atoms with Gasteiger partial charge in [-0.2, -0.15) is 0 Å². The quantitative estimate of drug-likeness (QED) is 0.785. The standard InChI is InChI=1S/C12H23N3O3S/c1-5-7-15-8-11(13-10(15)3)19(17,18)14-12(4,6-2)9-16/h8,14,16H,5-7,9H2,1-4H3. The zero-order valence-corrected chi connectivity index (χ0v) is 12.8. The fourth-order valence-electron chi connectivity index (χ4n) is 1.67. The average molecular weight is 289 g/mol. The van der Waals surface area contributed by atoms with E-state index in [1.54, 1.807) is 13.8 Å². The normalized spacial score (nSPS) is 15.4. The van der Waals surface area contributed by atoms with E-state index >= 15 is 0 Å². The Morgan fingerprint density at radius 2 is 2.11 bits per heavy atom. The summed E-state index contributed by atoms with van der Waals surface area (Å²) in [6.45, 7) is 7.77. The highest BCUT2D eigenvalue weighted by Gasteiger charge is 2.30. The number of sulfonamides is 1. The molecule has 1 aromatic rings. The van der Waals surface area contributed by atoms with Crippen molar-refractivity contribution < 1.29 is 13.5 Å². The van der Waals surface area contributed by atoms with Crippen LogP contribution in [0.3, 0.4) is 0 Å². The van der Waals surface area contributed by atoms with E-state index in [-0.39, 0.29) is 11.6 Å². The van der Waals surface area contributed by atoms with Gasteiger partial charge in [0.05, 0.1) is 12.1 Å². The first-order valence-corrected chi connectivity index (χ1v) is 7.95. The number of aliphatic hydroxyl groups is 1. The summed E-state index contributed by atoms with van der Waals surface area (Å²) in [6, 6.07) is 0. The van der Waals surface area contributed by atoms with Crippen molar-refractivity contribution in [1.82, 2.24) is 14.3 Å². The van der Waals surface area contributed by atoms with E-state index in [1.165, 1.54) is 6.20 Å². The summed E-state index contributed by atoms with van der Waals surface area (Å²) < 4.78 is 28.8. The zero-order valence-electron chi connectivity index (χ0n) is 12.0. The van der Waals surface area contributed by atoms with Gasteiger partial charge in [0.15, 0.2) is 5.03 Å². The maximum atomic E-state index is 12.2. The number of hydrogen-bond donors (Lipinski definition) is 2. The molecule has 19 heavy (non-hydrogen) atoms. The smallest absolute Gasteiger partial charge is 0.260 e. The summed E-state index contributed by atoms with van der Waals surface area (Å²) in [6.07, 6.45) is 2.94. The van der Waals surface area contributed by atoms with Gasteiger partial charge in [-0.05, 0) is 26.7 Å². The van der Waals surface area contributed by atoms with Crippen LogP contribution in [0.2, 0.25) is 0 Å². The molecule has 0 spiro atoms. The third-order valence-electron chi connectivity index (χ3n) is 3.20. The second-order valence-electron chi connectivity index (χ2n) is 5.00. The molecule has 1 rings (SSSR count). The third-order valence-corrected chi connectivity index (χ3v) is 4.71. The summed E-state index contributed by atoms with van der Waals surface area (Å²) in [5.41, 5.74) is -0.860. The van der Waals surface area contributed by atoms with E-state index < -0.39 is 15.6 Å². The van der Waals surface area contributed by atoms with E-state index in [0.29, 0.717) is 12.2 Å². The van der Waals surface area contributed by atoms with Crippen molar-refractivity contribution in [3.05, 3.63) is 12.0 Å². The van der Waals surface area contributed by atoms with Gasteiger partial charge in [-0.25, -0.2) is 18.1 Å². The van der Waals surface area contributed by atoms with Gasteiger partial charge in [0.25, 0.3) is 10.0 Å². The third kappa shape index (κ3) is 3.77.